The van der Waals surface area contributed by atoms with Crippen LogP contribution in [0, 0.1) is 0 Å². The van der Waals surface area contributed by atoms with Crippen molar-refractivity contribution in [1.82, 2.24) is 5.32 Å². The third-order valence-corrected chi connectivity index (χ3v) is 4.78. The van der Waals surface area contributed by atoms with E-state index in [-0.39, 0.29) is 11.0 Å². The maximum atomic E-state index is 12.5. The van der Waals surface area contributed by atoms with Gasteiger partial charge in [-0.3, -0.25) is 10.1 Å². The van der Waals surface area contributed by atoms with E-state index < -0.39 is 5.97 Å². The van der Waals surface area contributed by atoms with Crippen molar-refractivity contribution in [2.75, 3.05) is 50.7 Å². The number of amides is 1. The van der Waals surface area contributed by atoms with Gasteiger partial charge in [0.25, 0.3) is 5.91 Å². The molecule has 0 aromatic heterocycles. The molecule has 0 saturated carbocycles. The minimum atomic E-state index is -0.460. The number of hydrogen-bond donors (Lipinski definition) is 2. The Kier molecular flexibility index (Phi) is 7.21. The zero-order chi connectivity index (χ0) is 21.5. The number of thiocarbonyl (C=S) groups is 1. The van der Waals surface area contributed by atoms with Crippen molar-refractivity contribution in [2.45, 2.75) is 0 Å². The van der Waals surface area contributed by atoms with Gasteiger partial charge in [0.05, 0.1) is 44.4 Å². The van der Waals surface area contributed by atoms with E-state index in [0.717, 1.165) is 5.69 Å². The molecule has 3 rings (SSSR count). The topological polar surface area (TPSA) is 89.1 Å². The Morgan fingerprint density at radius 1 is 1.07 bits per heavy atom. The number of nitrogens with zero attached hydrogens (tertiary/aromatic N) is 1. The van der Waals surface area contributed by atoms with Crippen LogP contribution in [0.5, 0.6) is 5.75 Å². The van der Waals surface area contributed by atoms with Gasteiger partial charge in [0.2, 0.25) is 0 Å². The monoisotopic (exact) mass is 429 g/mol. The SMILES string of the molecule is COC(=O)c1ccc(N2CCOCC2)c(NC(=S)NC(=O)c2cccc(OC)c2)c1. The number of benzene rings is 2. The number of anilines is 2. The van der Waals surface area contributed by atoms with Crippen LogP contribution in [-0.2, 0) is 9.47 Å². The number of ether oxygens (including phenoxy) is 3. The lowest BCUT2D eigenvalue weighted by atomic mass is 10.1. The predicted octanol–water partition coefficient (Wildman–Crippen LogP) is 2.45. The van der Waals surface area contributed by atoms with Gasteiger partial charge in [0.1, 0.15) is 5.75 Å². The van der Waals surface area contributed by atoms with Crippen LogP contribution in [-0.4, -0.2) is 57.5 Å². The van der Waals surface area contributed by atoms with Gasteiger partial charge in [-0.1, -0.05) is 6.07 Å². The van der Waals surface area contributed by atoms with Crippen LogP contribution in [0.3, 0.4) is 0 Å². The van der Waals surface area contributed by atoms with Crippen LogP contribution < -0.4 is 20.3 Å². The molecule has 158 valence electrons. The first-order valence-corrected chi connectivity index (χ1v) is 9.74. The van der Waals surface area contributed by atoms with Crippen molar-refractivity contribution in [3.63, 3.8) is 0 Å². The van der Waals surface area contributed by atoms with Crippen LogP contribution >= 0.6 is 12.2 Å². The van der Waals surface area contributed by atoms with E-state index in [9.17, 15) is 9.59 Å². The van der Waals surface area contributed by atoms with Gasteiger partial charge in [-0.15, -0.1) is 0 Å². The van der Waals surface area contributed by atoms with Gasteiger partial charge in [-0.05, 0) is 48.6 Å². The average molecular weight is 429 g/mol. The first kappa shape index (κ1) is 21.5. The van der Waals surface area contributed by atoms with Gasteiger partial charge >= 0.3 is 5.97 Å². The molecule has 30 heavy (non-hydrogen) atoms. The fraction of sp³-hybridized carbons (Fsp3) is 0.286. The number of esters is 1. The second-order valence-corrected chi connectivity index (χ2v) is 6.87. The maximum absolute atomic E-state index is 12.5. The van der Waals surface area contributed by atoms with Crippen molar-refractivity contribution in [2.24, 2.45) is 0 Å². The van der Waals surface area contributed by atoms with Crippen molar-refractivity contribution in [1.29, 1.82) is 0 Å². The first-order valence-electron chi connectivity index (χ1n) is 9.33. The van der Waals surface area contributed by atoms with E-state index in [0.29, 0.717) is 48.9 Å². The second kappa shape index (κ2) is 10.0. The standard InChI is InChI=1S/C21H23N3O5S/c1-27-16-5-3-4-14(12-16)19(25)23-21(30)22-17-13-15(20(26)28-2)6-7-18(17)24-8-10-29-11-9-24/h3-7,12-13H,8-11H2,1-2H3,(H2,22,23,25,30). The molecule has 1 saturated heterocycles. The Bertz CT molecular complexity index is 944. The van der Waals surface area contributed by atoms with Crippen LogP contribution in [0.15, 0.2) is 42.5 Å². The molecule has 1 aliphatic rings. The highest BCUT2D eigenvalue weighted by atomic mass is 32.1. The van der Waals surface area contributed by atoms with E-state index >= 15 is 0 Å². The van der Waals surface area contributed by atoms with Gasteiger partial charge < -0.3 is 24.4 Å². The fourth-order valence-corrected chi connectivity index (χ4v) is 3.26. The summed E-state index contributed by atoms with van der Waals surface area (Å²) in [6.07, 6.45) is 0. The molecule has 1 amide bonds. The fourth-order valence-electron chi connectivity index (χ4n) is 3.05. The third kappa shape index (κ3) is 5.25. The number of methoxy groups -OCH3 is 2. The summed E-state index contributed by atoms with van der Waals surface area (Å²) >= 11 is 5.34. The van der Waals surface area contributed by atoms with Crippen LogP contribution in [0.1, 0.15) is 20.7 Å². The third-order valence-electron chi connectivity index (χ3n) is 4.58. The molecule has 2 aromatic rings. The molecule has 9 heteroatoms. The van der Waals surface area contributed by atoms with Crippen LogP contribution in [0.2, 0.25) is 0 Å². The van der Waals surface area contributed by atoms with E-state index in [1.165, 1.54) is 14.2 Å². The molecule has 0 unspecified atom stereocenters. The molecule has 0 bridgehead atoms. The Morgan fingerprint density at radius 3 is 2.53 bits per heavy atom. The summed E-state index contributed by atoms with van der Waals surface area (Å²) in [5, 5.41) is 5.80. The molecule has 8 nitrogen and oxygen atoms in total. The molecular weight excluding hydrogens is 406 g/mol. The number of carbonyl (C=O) groups excluding carboxylic acids is 2. The average Bonchev–Trinajstić information content (AvgIpc) is 2.79. The molecule has 0 radical (unpaired) electrons. The molecule has 1 heterocycles. The van der Waals surface area contributed by atoms with Gasteiger partial charge in [-0.2, -0.15) is 0 Å². The summed E-state index contributed by atoms with van der Waals surface area (Å²) in [5.74, 6) is -0.261. The van der Waals surface area contributed by atoms with Crippen LogP contribution in [0.25, 0.3) is 0 Å². The van der Waals surface area contributed by atoms with E-state index in [2.05, 4.69) is 15.5 Å². The van der Waals surface area contributed by atoms with Crippen molar-refractivity contribution in [3.05, 3.63) is 53.6 Å². The second-order valence-electron chi connectivity index (χ2n) is 6.46. The first-order chi connectivity index (χ1) is 14.5. The largest absolute Gasteiger partial charge is 0.497 e. The Labute approximate surface area is 180 Å². The molecule has 1 aliphatic heterocycles. The zero-order valence-electron chi connectivity index (χ0n) is 16.8. The predicted molar refractivity (Wildman–Crippen MR) is 117 cm³/mol. The summed E-state index contributed by atoms with van der Waals surface area (Å²) in [7, 11) is 2.86. The Balaban J connectivity index is 1.79. The molecule has 1 fully saturated rings. The summed E-state index contributed by atoms with van der Waals surface area (Å²) in [6.45, 7) is 2.62. The normalized spacial score (nSPS) is 13.3. The van der Waals surface area contributed by atoms with Crippen molar-refractivity contribution >= 4 is 40.6 Å². The quantitative estimate of drug-likeness (QED) is 0.554. The lowest BCUT2D eigenvalue weighted by molar-refractivity contribution is 0.0600. The Hall–Kier alpha value is -3.17. The summed E-state index contributed by atoms with van der Waals surface area (Å²) < 4.78 is 15.4. The number of carbonyl (C=O) groups is 2. The summed E-state index contributed by atoms with van der Waals surface area (Å²) in [6, 6.07) is 11.9. The number of rotatable bonds is 5. The molecule has 0 aliphatic carbocycles. The summed E-state index contributed by atoms with van der Waals surface area (Å²) in [5.41, 5.74) is 2.23. The molecule has 2 N–H and O–H groups in total. The highest BCUT2D eigenvalue weighted by molar-refractivity contribution is 7.80. The molecular formula is C21H23N3O5S. The highest BCUT2D eigenvalue weighted by Crippen LogP contribution is 2.28. The smallest absolute Gasteiger partial charge is 0.337 e. The van der Waals surface area contributed by atoms with Gasteiger partial charge in [0.15, 0.2) is 5.11 Å². The number of hydrogen-bond acceptors (Lipinski definition) is 7. The van der Waals surface area contributed by atoms with Crippen LogP contribution in [0.4, 0.5) is 11.4 Å². The van der Waals surface area contributed by atoms with Gasteiger partial charge in [0, 0.05) is 18.7 Å². The Morgan fingerprint density at radius 2 is 1.83 bits per heavy atom. The van der Waals surface area contributed by atoms with Crippen molar-refractivity contribution in [3.8, 4) is 5.75 Å². The van der Waals surface area contributed by atoms with E-state index in [4.69, 9.17) is 26.4 Å². The van der Waals surface area contributed by atoms with Crippen molar-refractivity contribution < 1.29 is 23.8 Å². The number of nitrogens with one attached hydrogen (secondary N) is 2. The zero-order valence-corrected chi connectivity index (χ0v) is 17.6. The number of morpholine rings is 1. The summed E-state index contributed by atoms with van der Waals surface area (Å²) in [4.78, 5) is 26.6. The molecule has 0 atom stereocenters. The van der Waals surface area contributed by atoms with Gasteiger partial charge in [-0.25, -0.2) is 4.79 Å². The molecule has 2 aromatic carbocycles. The molecule has 0 spiro atoms. The lowest BCUT2D eigenvalue weighted by Crippen LogP contribution is -2.38. The van der Waals surface area contributed by atoms with E-state index in [1.54, 1.807) is 36.4 Å². The minimum absolute atomic E-state index is 0.111. The lowest BCUT2D eigenvalue weighted by Gasteiger charge is -2.31. The maximum Gasteiger partial charge on any atom is 0.337 e. The highest BCUT2D eigenvalue weighted by Gasteiger charge is 2.18. The van der Waals surface area contributed by atoms with E-state index in [1.807, 2.05) is 6.07 Å². The minimum Gasteiger partial charge on any atom is -0.497 e.